The lowest BCUT2D eigenvalue weighted by molar-refractivity contribution is -0.125. The molecule has 2 aliphatic rings. The predicted octanol–water partition coefficient (Wildman–Crippen LogP) is 1.98. The van der Waals surface area contributed by atoms with Gasteiger partial charge >= 0.3 is 0 Å². The molecule has 4 nitrogen and oxygen atoms in total. The van der Waals surface area contributed by atoms with Crippen LogP contribution in [0.2, 0.25) is 0 Å². The summed E-state index contributed by atoms with van der Waals surface area (Å²) in [7, 11) is 0. The molecular formula is C14H16FNO3. The van der Waals surface area contributed by atoms with Crippen LogP contribution in [0.1, 0.15) is 12.8 Å². The second-order valence-corrected chi connectivity index (χ2v) is 4.84. The standard InChI is InChI=1S/C14H16FNO3/c15-11-1-2-12-13(9-11)19-8-5-16(12)14(17)10-3-6-18-7-4-10/h1-2,9-10H,3-8H2. The smallest absolute Gasteiger partial charge is 0.230 e. The number of carbonyl (C=O) groups is 1. The average Bonchev–Trinajstić information content (AvgIpc) is 2.46. The SMILES string of the molecule is O=C(C1CCOCC1)N1CCOc2cc(F)ccc21. The van der Waals surface area contributed by atoms with Gasteiger partial charge in [-0.05, 0) is 25.0 Å². The maximum Gasteiger partial charge on any atom is 0.230 e. The van der Waals surface area contributed by atoms with E-state index < -0.39 is 0 Å². The number of anilines is 1. The van der Waals surface area contributed by atoms with E-state index in [4.69, 9.17) is 9.47 Å². The summed E-state index contributed by atoms with van der Waals surface area (Å²) in [6.45, 7) is 2.20. The monoisotopic (exact) mass is 265 g/mol. The molecule has 2 aliphatic heterocycles. The van der Waals surface area contributed by atoms with Crippen molar-refractivity contribution in [1.82, 2.24) is 0 Å². The van der Waals surface area contributed by atoms with Gasteiger partial charge in [-0.15, -0.1) is 0 Å². The largest absolute Gasteiger partial charge is 0.489 e. The number of hydrogen-bond acceptors (Lipinski definition) is 3. The summed E-state index contributed by atoms with van der Waals surface area (Å²) >= 11 is 0. The Hall–Kier alpha value is -1.62. The summed E-state index contributed by atoms with van der Waals surface area (Å²) in [6, 6.07) is 4.30. The minimum atomic E-state index is -0.348. The van der Waals surface area contributed by atoms with E-state index in [9.17, 15) is 9.18 Å². The molecular weight excluding hydrogens is 249 g/mol. The number of halogens is 1. The van der Waals surface area contributed by atoms with E-state index in [0.29, 0.717) is 37.8 Å². The molecule has 0 saturated carbocycles. The number of nitrogens with zero attached hydrogens (tertiary/aromatic N) is 1. The molecule has 0 radical (unpaired) electrons. The molecule has 1 aromatic rings. The maximum atomic E-state index is 13.2. The Kier molecular flexibility index (Phi) is 3.38. The normalized spacial score (nSPS) is 19.7. The highest BCUT2D eigenvalue weighted by Gasteiger charge is 2.30. The second-order valence-electron chi connectivity index (χ2n) is 4.84. The summed E-state index contributed by atoms with van der Waals surface area (Å²) < 4.78 is 23.9. The number of fused-ring (bicyclic) bond motifs is 1. The topological polar surface area (TPSA) is 38.8 Å². The summed E-state index contributed by atoms with van der Waals surface area (Å²) in [5.74, 6) is 0.204. The average molecular weight is 265 g/mol. The zero-order valence-corrected chi connectivity index (χ0v) is 10.6. The zero-order chi connectivity index (χ0) is 13.2. The Morgan fingerprint density at radius 1 is 1.26 bits per heavy atom. The lowest BCUT2D eigenvalue weighted by Crippen LogP contribution is -2.43. The fourth-order valence-corrected chi connectivity index (χ4v) is 2.59. The molecule has 0 unspecified atom stereocenters. The number of rotatable bonds is 1. The Morgan fingerprint density at radius 3 is 2.84 bits per heavy atom. The first kappa shape index (κ1) is 12.4. The van der Waals surface area contributed by atoms with Gasteiger partial charge in [-0.25, -0.2) is 4.39 Å². The Balaban J connectivity index is 1.84. The fourth-order valence-electron chi connectivity index (χ4n) is 2.59. The van der Waals surface area contributed by atoms with E-state index in [1.54, 1.807) is 11.0 Å². The third kappa shape index (κ3) is 2.42. The molecule has 1 aromatic carbocycles. The van der Waals surface area contributed by atoms with Gasteiger partial charge in [-0.2, -0.15) is 0 Å². The minimum Gasteiger partial charge on any atom is -0.489 e. The number of hydrogen-bond donors (Lipinski definition) is 0. The first-order chi connectivity index (χ1) is 9.25. The highest BCUT2D eigenvalue weighted by atomic mass is 19.1. The van der Waals surface area contributed by atoms with Gasteiger partial charge < -0.3 is 14.4 Å². The van der Waals surface area contributed by atoms with Crippen molar-refractivity contribution in [2.75, 3.05) is 31.3 Å². The van der Waals surface area contributed by atoms with Crippen LogP contribution in [0.25, 0.3) is 0 Å². The molecule has 0 N–H and O–H groups in total. The van der Waals surface area contributed by atoms with Crippen molar-refractivity contribution in [2.24, 2.45) is 5.92 Å². The molecule has 0 spiro atoms. The molecule has 0 bridgehead atoms. The van der Waals surface area contributed by atoms with E-state index >= 15 is 0 Å². The van der Waals surface area contributed by atoms with E-state index in [1.807, 2.05) is 0 Å². The van der Waals surface area contributed by atoms with Crippen LogP contribution >= 0.6 is 0 Å². The summed E-state index contributed by atoms with van der Waals surface area (Å²) in [4.78, 5) is 14.2. The molecule has 5 heteroatoms. The first-order valence-corrected chi connectivity index (χ1v) is 6.57. The third-order valence-corrected chi connectivity index (χ3v) is 3.62. The van der Waals surface area contributed by atoms with Gasteiger partial charge in [0.15, 0.2) is 0 Å². The van der Waals surface area contributed by atoms with Crippen molar-refractivity contribution in [1.29, 1.82) is 0 Å². The molecule has 0 aromatic heterocycles. The molecule has 2 heterocycles. The highest BCUT2D eigenvalue weighted by Crippen LogP contribution is 2.34. The lowest BCUT2D eigenvalue weighted by atomic mass is 9.98. The predicted molar refractivity (Wildman–Crippen MR) is 67.8 cm³/mol. The lowest BCUT2D eigenvalue weighted by Gasteiger charge is -2.33. The van der Waals surface area contributed by atoms with E-state index in [1.165, 1.54) is 12.1 Å². The van der Waals surface area contributed by atoms with Crippen LogP contribution in [0, 0.1) is 11.7 Å². The molecule has 19 heavy (non-hydrogen) atoms. The molecule has 0 aliphatic carbocycles. The number of carbonyl (C=O) groups excluding carboxylic acids is 1. The van der Waals surface area contributed by atoms with Crippen LogP contribution in [0.5, 0.6) is 5.75 Å². The molecule has 3 rings (SSSR count). The summed E-state index contributed by atoms with van der Waals surface area (Å²) in [5.41, 5.74) is 0.671. The minimum absolute atomic E-state index is 0.00440. The van der Waals surface area contributed by atoms with Crippen molar-refractivity contribution < 1.29 is 18.7 Å². The first-order valence-electron chi connectivity index (χ1n) is 6.57. The molecule has 0 atom stereocenters. The second kappa shape index (κ2) is 5.17. The van der Waals surface area contributed by atoms with Crippen LogP contribution in [-0.4, -0.2) is 32.3 Å². The number of amides is 1. The van der Waals surface area contributed by atoms with Crippen molar-refractivity contribution in [3.8, 4) is 5.75 Å². The molecule has 102 valence electrons. The van der Waals surface area contributed by atoms with E-state index in [2.05, 4.69) is 0 Å². The maximum absolute atomic E-state index is 13.2. The van der Waals surface area contributed by atoms with Crippen LogP contribution in [0.15, 0.2) is 18.2 Å². The van der Waals surface area contributed by atoms with Gasteiger partial charge in [0.1, 0.15) is 18.2 Å². The van der Waals surface area contributed by atoms with Crippen molar-refractivity contribution in [3.63, 3.8) is 0 Å². The fraction of sp³-hybridized carbons (Fsp3) is 0.500. The Morgan fingerprint density at radius 2 is 2.05 bits per heavy atom. The molecule has 1 fully saturated rings. The van der Waals surface area contributed by atoms with Gasteiger partial charge in [0, 0.05) is 25.2 Å². The molecule has 1 saturated heterocycles. The van der Waals surface area contributed by atoms with Gasteiger partial charge in [0.25, 0.3) is 0 Å². The summed E-state index contributed by atoms with van der Waals surface area (Å²) in [5, 5.41) is 0. The number of ether oxygens (including phenoxy) is 2. The van der Waals surface area contributed by atoms with Crippen LogP contribution in [0.4, 0.5) is 10.1 Å². The van der Waals surface area contributed by atoms with Crippen LogP contribution < -0.4 is 9.64 Å². The van der Waals surface area contributed by atoms with E-state index in [-0.39, 0.29) is 17.6 Å². The third-order valence-electron chi connectivity index (χ3n) is 3.62. The summed E-state index contributed by atoms with van der Waals surface area (Å²) in [6.07, 6.45) is 1.51. The van der Waals surface area contributed by atoms with Crippen molar-refractivity contribution in [3.05, 3.63) is 24.0 Å². The Labute approximate surface area is 111 Å². The highest BCUT2D eigenvalue weighted by molar-refractivity contribution is 5.96. The zero-order valence-electron chi connectivity index (χ0n) is 10.6. The Bertz CT molecular complexity index is 486. The molecule has 1 amide bonds. The number of benzene rings is 1. The van der Waals surface area contributed by atoms with Gasteiger partial charge in [-0.1, -0.05) is 0 Å². The van der Waals surface area contributed by atoms with Crippen molar-refractivity contribution >= 4 is 11.6 Å². The quantitative estimate of drug-likeness (QED) is 0.779. The van der Waals surface area contributed by atoms with Crippen molar-refractivity contribution in [2.45, 2.75) is 12.8 Å². The van der Waals surface area contributed by atoms with Gasteiger partial charge in [0.2, 0.25) is 5.91 Å². The van der Waals surface area contributed by atoms with E-state index in [0.717, 1.165) is 12.8 Å². The van der Waals surface area contributed by atoms with Crippen LogP contribution in [0.3, 0.4) is 0 Å². The van der Waals surface area contributed by atoms with Gasteiger partial charge in [0.05, 0.1) is 12.2 Å². The van der Waals surface area contributed by atoms with Crippen LogP contribution in [-0.2, 0) is 9.53 Å². The van der Waals surface area contributed by atoms with Gasteiger partial charge in [-0.3, -0.25) is 4.79 Å².